The molecule has 12 rings (SSSR count). The molecule has 1 atom stereocenters. The number of hydrogen-bond acceptors (Lipinski definition) is 16. The molecule has 4 aliphatic heterocycles. The number of rotatable bonds is 20. The van der Waals surface area contributed by atoms with Crippen LogP contribution in [0.5, 0.6) is 11.5 Å². The number of nitrogens with zero attached hydrogens (tertiary/aromatic N) is 7. The number of fused-ring (bicyclic) bond motifs is 2. The Labute approximate surface area is 528 Å². The van der Waals surface area contributed by atoms with E-state index in [2.05, 4.69) is 70.9 Å². The van der Waals surface area contributed by atoms with Crippen molar-refractivity contribution in [3.05, 3.63) is 146 Å². The smallest absolute Gasteiger partial charge is 0.293 e. The Morgan fingerprint density at radius 3 is 2.43 bits per heavy atom. The van der Waals surface area contributed by atoms with Crippen molar-refractivity contribution in [1.82, 2.24) is 39.6 Å². The minimum absolute atomic E-state index is 0.0451. The number of sulfonamides is 1. The number of imide groups is 1. The van der Waals surface area contributed by atoms with Gasteiger partial charge in [0, 0.05) is 129 Å². The summed E-state index contributed by atoms with van der Waals surface area (Å²) in [5, 5.41) is 19.7. The van der Waals surface area contributed by atoms with Crippen LogP contribution in [0.1, 0.15) is 110 Å². The number of nitrogens with one attached hydrogen (secondary N) is 4. The van der Waals surface area contributed by atoms with E-state index >= 15 is 0 Å². The average Bonchev–Trinajstić information content (AvgIpc) is 2.60. The number of amides is 4. The summed E-state index contributed by atoms with van der Waals surface area (Å²) in [6, 6.07) is 26.2. The molecule has 4 aromatic carbocycles. The van der Waals surface area contributed by atoms with Crippen LogP contribution in [0.4, 0.5) is 17.1 Å². The number of piperidine rings is 1. The first kappa shape index (κ1) is 61.9. The van der Waals surface area contributed by atoms with E-state index in [-0.39, 0.29) is 46.6 Å². The van der Waals surface area contributed by atoms with Gasteiger partial charge in [-0.25, -0.2) is 18.1 Å². The highest BCUT2D eigenvalue weighted by Gasteiger charge is 2.40. The molecule has 468 valence electrons. The Kier molecular flexibility index (Phi) is 18.5. The first-order valence-corrected chi connectivity index (χ1v) is 33.9. The number of nitro groups is 1. The maximum atomic E-state index is 14.2. The maximum Gasteiger partial charge on any atom is 0.293 e. The van der Waals surface area contributed by atoms with Crippen molar-refractivity contribution in [3.63, 3.8) is 0 Å². The van der Waals surface area contributed by atoms with Crippen LogP contribution >= 0.6 is 23.4 Å². The number of carbonyl (C=O) groups excluding carboxylic acids is 4. The molecule has 1 unspecified atom stereocenters. The molecule has 89 heavy (non-hydrogen) atoms. The molecule has 0 bridgehead atoms. The van der Waals surface area contributed by atoms with E-state index in [1.165, 1.54) is 35.0 Å². The Bertz CT molecular complexity index is 3820. The summed E-state index contributed by atoms with van der Waals surface area (Å²) in [5.74, 6) is -0.180. The lowest BCUT2D eigenvalue weighted by atomic mass is 9.72. The fourth-order valence-electron chi connectivity index (χ4n) is 13.7. The highest BCUT2D eigenvalue weighted by Crippen LogP contribution is 2.44. The zero-order valence-corrected chi connectivity index (χ0v) is 52.7. The monoisotopic (exact) mass is 1270 g/mol. The number of halogens is 1. The molecule has 0 spiro atoms. The average molecular weight is 1270 g/mol. The first-order chi connectivity index (χ1) is 42.9. The van der Waals surface area contributed by atoms with Crippen LogP contribution in [-0.4, -0.2) is 156 Å². The predicted octanol–water partition coefficient (Wildman–Crippen LogP) is 10.4. The van der Waals surface area contributed by atoms with Gasteiger partial charge in [-0.1, -0.05) is 49.2 Å². The van der Waals surface area contributed by atoms with E-state index in [4.69, 9.17) is 16.3 Å². The zero-order chi connectivity index (χ0) is 62.0. The van der Waals surface area contributed by atoms with E-state index < -0.39 is 43.4 Å². The van der Waals surface area contributed by atoms with Crippen molar-refractivity contribution >= 4 is 90.7 Å². The van der Waals surface area contributed by atoms with Crippen LogP contribution < -0.4 is 25.0 Å². The van der Waals surface area contributed by atoms with Crippen molar-refractivity contribution in [2.45, 2.75) is 106 Å². The molecular weight excluding hydrogens is 1190 g/mol. The van der Waals surface area contributed by atoms with Crippen molar-refractivity contribution in [3.8, 4) is 11.5 Å². The molecule has 6 aliphatic rings. The van der Waals surface area contributed by atoms with Crippen molar-refractivity contribution in [2.75, 3.05) is 88.0 Å². The number of benzene rings is 4. The van der Waals surface area contributed by atoms with E-state index in [1.807, 2.05) is 36.4 Å². The van der Waals surface area contributed by atoms with Gasteiger partial charge in [-0.2, -0.15) is 0 Å². The lowest BCUT2D eigenvalue weighted by Crippen LogP contribution is -2.52. The van der Waals surface area contributed by atoms with Gasteiger partial charge in [-0.3, -0.25) is 44.4 Å². The molecular formula is C66H76ClN11O9S2. The van der Waals surface area contributed by atoms with Crippen LogP contribution in [0.25, 0.3) is 16.6 Å². The predicted molar refractivity (Wildman–Crippen MR) is 345 cm³/mol. The Morgan fingerprint density at radius 2 is 1.66 bits per heavy atom. The number of anilines is 2. The number of aromatic nitrogens is 2. The number of piperazine rings is 2. The second-order valence-corrected chi connectivity index (χ2v) is 28.5. The number of thioether (sulfide) groups is 1. The van der Waals surface area contributed by atoms with Gasteiger partial charge in [0.15, 0.2) is 0 Å². The molecule has 6 heterocycles. The SMILES string of the molecule is CC1(C)CCC(CN2CCN(c3ccc(C(=O)NS(=O)(=O)c4ccc(NCC5CCC(N6CCN(CCCSc7cccc8c7CN(C7CCC(=O)NC7=O)C8=O)CC6)CC5)c([N+](=O)[O-])c4)c(Oc4cnc5[nH]ccc5c4)c3)CC2)=C(c2ccc(Cl)cc2)C1. The van der Waals surface area contributed by atoms with E-state index in [9.17, 15) is 37.7 Å². The molecule has 4 fully saturated rings. The molecule has 20 nitrogen and oxygen atoms in total. The number of H-pyrrole nitrogens is 1. The second kappa shape index (κ2) is 26.6. The fourth-order valence-corrected chi connectivity index (χ4v) is 15.8. The first-order valence-electron chi connectivity index (χ1n) is 31.0. The highest BCUT2D eigenvalue weighted by molar-refractivity contribution is 7.99. The molecule has 0 radical (unpaired) electrons. The summed E-state index contributed by atoms with van der Waals surface area (Å²) in [6.45, 7) is 14.4. The molecule has 6 aromatic rings. The number of nitro benzene ring substituents is 1. The van der Waals surface area contributed by atoms with Crippen molar-refractivity contribution in [2.24, 2.45) is 11.3 Å². The van der Waals surface area contributed by atoms with Gasteiger partial charge in [-0.05, 0) is 159 Å². The van der Waals surface area contributed by atoms with Gasteiger partial charge in [0.2, 0.25) is 11.8 Å². The summed E-state index contributed by atoms with van der Waals surface area (Å²) < 4.78 is 36.6. The third-order valence-electron chi connectivity index (χ3n) is 18.8. The van der Waals surface area contributed by atoms with E-state index in [0.717, 1.165) is 142 Å². The van der Waals surface area contributed by atoms with E-state index in [0.29, 0.717) is 55.6 Å². The number of ether oxygens (including phenoxy) is 1. The third-order valence-corrected chi connectivity index (χ3v) is 21.5. The van der Waals surface area contributed by atoms with Gasteiger partial charge < -0.3 is 29.7 Å². The number of allylic oxidation sites excluding steroid dienone is 1. The molecule has 2 aromatic heterocycles. The molecule has 3 saturated heterocycles. The van der Waals surface area contributed by atoms with Crippen LogP contribution in [0.3, 0.4) is 0 Å². The minimum atomic E-state index is -4.62. The summed E-state index contributed by atoms with van der Waals surface area (Å²) >= 11 is 8.03. The molecule has 2 aliphatic carbocycles. The van der Waals surface area contributed by atoms with Gasteiger partial charge in [-0.15, -0.1) is 11.8 Å². The number of aromatic amines is 1. The van der Waals surface area contributed by atoms with Crippen molar-refractivity contribution < 1.29 is 37.3 Å². The fraction of sp³-hybridized carbons (Fsp3) is 0.439. The molecule has 23 heteroatoms. The summed E-state index contributed by atoms with van der Waals surface area (Å²) in [6.07, 6.45) is 12.0. The lowest BCUT2D eigenvalue weighted by molar-refractivity contribution is -0.384. The highest BCUT2D eigenvalue weighted by atomic mass is 35.5. The summed E-state index contributed by atoms with van der Waals surface area (Å²) in [7, 11) is -4.62. The van der Waals surface area contributed by atoms with Gasteiger partial charge >= 0.3 is 0 Å². The Balaban J connectivity index is 0.622. The summed E-state index contributed by atoms with van der Waals surface area (Å²) in [4.78, 5) is 83.3. The normalized spacial score (nSPS) is 21.2. The molecule has 4 N–H and O–H groups in total. The minimum Gasteiger partial charge on any atom is -0.455 e. The lowest BCUT2D eigenvalue weighted by Gasteiger charge is -2.42. The Morgan fingerprint density at radius 1 is 0.888 bits per heavy atom. The summed E-state index contributed by atoms with van der Waals surface area (Å²) in [5.41, 5.74) is 7.09. The topological polar surface area (TPSA) is 236 Å². The standard InChI is InChI=1S/C66H76ClN11O9S2/c1-66(2)23-21-46(54(38-66)44-9-11-47(67)12-10-44)41-74-28-32-76(33-29-74)49-15-17-53(59(36-49)87-50-35-45-22-24-68-62(45)70-40-50)63(80)72-89(85,86)51-16-18-56(58(37-51)78(83)84)69-39-43-7-13-48(14-8-43)75-30-26-73(27-31-75)25-4-34-88-60-6-3-5-52-55(60)42-77(65(52)82)57-19-20-61(79)71-64(57)81/h3,5-6,9-12,15-18,22,24,35-37,40,43,48,57,69H,4,7-8,13-14,19-21,23,25-34,38-39,41-42H2,1-2H3,(H,68,70)(H,72,80)(H,71,79,81). The second-order valence-electron chi connectivity index (χ2n) is 25.3. The quantitative estimate of drug-likeness (QED) is 0.0183. The number of pyridine rings is 1. The van der Waals surface area contributed by atoms with Crippen LogP contribution in [-0.2, 0) is 26.2 Å². The Hall–Kier alpha value is -7.34. The van der Waals surface area contributed by atoms with Gasteiger partial charge in [0.25, 0.3) is 27.5 Å². The van der Waals surface area contributed by atoms with Crippen LogP contribution in [0, 0.1) is 21.4 Å². The van der Waals surface area contributed by atoms with E-state index in [1.54, 1.807) is 47.1 Å². The number of carbonyl (C=O) groups is 4. The largest absolute Gasteiger partial charge is 0.455 e. The van der Waals surface area contributed by atoms with Crippen LogP contribution in [0.15, 0.2) is 119 Å². The zero-order valence-electron chi connectivity index (χ0n) is 50.3. The third kappa shape index (κ3) is 14.3. The number of hydrogen-bond donors (Lipinski definition) is 4. The van der Waals surface area contributed by atoms with Crippen LogP contribution in [0.2, 0.25) is 5.02 Å². The van der Waals surface area contributed by atoms with Crippen molar-refractivity contribution in [1.29, 1.82) is 0 Å². The molecule has 1 saturated carbocycles. The van der Waals surface area contributed by atoms with Gasteiger partial charge in [0.05, 0.1) is 21.6 Å². The molecule has 4 amide bonds. The maximum absolute atomic E-state index is 14.2. The van der Waals surface area contributed by atoms with Gasteiger partial charge in [0.1, 0.15) is 28.9 Å².